The van der Waals surface area contributed by atoms with Gasteiger partial charge in [0.25, 0.3) is 0 Å². The van der Waals surface area contributed by atoms with Gasteiger partial charge in [-0.3, -0.25) is 0 Å². The maximum atomic E-state index is 13.1. The minimum atomic E-state index is -0.229. The van der Waals surface area contributed by atoms with Crippen LogP contribution in [-0.4, -0.2) is 0 Å². The molecule has 0 aromatic heterocycles. The van der Waals surface area contributed by atoms with Crippen molar-refractivity contribution in [3.05, 3.63) is 68.4 Å². The Hall–Kier alpha value is -0.710. The van der Waals surface area contributed by atoms with Gasteiger partial charge in [0.15, 0.2) is 0 Å². The molecule has 106 valence electrons. The van der Waals surface area contributed by atoms with Crippen molar-refractivity contribution in [3.63, 3.8) is 0 Å². The molecular formula is C16H16Br2FN. The second-order valence-electron chi connectivity index (χ2n) is 5.22. The highest BCUT2D eigenvalue weighted by Crippen LogP contribution is 2.24. The Labute approximate surface area is 135 Å². The molecule has 4 heteroatoms. The molecule has 2 aromatic rings. The molecule has 20 heavy (non-hydrogen) atoms. The Morgan fingerprint density at radius 1 is 1.05 bits per heavy atom. The van der Waals surface area contributed by atoms with E-state index in [1.807, 2.05) is 12.1 Å². The van der Waals surface area contributed by atoms with E-state index in [1.54, 1.807) is 6.07 Å². The Balaban J connectivity index is 2.10. The van der Waals surface area contributed by atoms with E-state index in [0.717, 1.165) is 14.5 Å². The summed E-state index contributed by atoms with van der Waals surface area (Å²) < 4.78 is 14.9. The zero-order chi connectivity index (χ0) is 14.8. The van der Waals surface area contributed by atoms with Crippen molar-refractivity contribution in [1.82, 2.24) is 5.32 Å². The average Bonchev–Trinajstić information content (AvgIpc) is 2.38. The summed E-state index contributed by atoms with van der Waals surface area (Å²) in [5.74, 6) is -0.229. The first-order valence-corrected chi connectivity index (χ1v) is 7.92. The monoisotopic (exact) mass is 399 g/mol. The quantitative estimate of drug-likeness (QED) is 0.726. The zero-order valence-electron chi connectivity index (χ0n) is 11.4. The molecular weight excluding hydrogens is 385 g/mol. The molecule has 0 fully saturated rings. The van der Waals surface area contributed by atoms with Gasteiger partial charge in [-0.1, -0.05) is 50.1 Å². The molecule has 0 aliphatic heterocycles. The molecule has 0 atom stereocenters. The van der Waals surface area contributed by atoms with Crippen molar-refractivity contribution < 1.29 is 4.39 Å². The number of nitrogens with one attached hydrogen (secondary N) is 1. The standard InChI is InChI=1S/C16H16Br2FN/c1-16(2,12-4-6-13(17)7-5-12)20-10-11-3-8-14(19)9-15(11)18/h3-9,20H,10H2,1-2H3. The van der Waals surface area contributed by atoms with E-state index in [2.05, 4.69) is 63.2 Å². The highest BCUT2D eigenvalue weighted by atomic mass is 79.9. The van der Waals surface area contributed by atoms with Crippen LogP contribution in [0.2, 0.25) is 0 Å². The molecule has 0 saturated heterocycles. The Morgan fingerprint density at radius 2 is 1.70 bits per heavy atom. The Kier molecular flexibility index (Phi) is 4.99. The summed E-state index contributed by atoms with van der Waals surface area (Å²) in [6.07, 6.45) is 0. The summed E-state index contributed by atoms with van der Waals surface area (Å²) in [4.78, 5) is 0. The number of benzene rings is 2. The van der Waals surface area contributed by atoms with Crippen LogP contribution in [0.25, 0.3) is 0 Å². The molecule has 0 amide bonds. The van der Waals surface area contributed by atoms with Crippen molar-refractivity contribution >= 4 is 31.9 Å². The third-order valence-electron chi connectivity index (χ3n) is 3.30. The van der Waals surface area contributed by atoms with Crippen LogP contribution in [-0.2, 0) is 12.1 Å². The first-order chi connectivity index (χ1) is 9.38. The molecule has 0 heterocycles. The number of halogens is 3. The number of hydrogen-bond acceptors (Lipinski definition) is 1. The fourth-order valence-corrected chi connectivity index (χ4v) is 2.71. The van der Waals surface area contributed by atoms with Gasteiger partial charge in [-0.15, -0.1) is 0 Å². The van der Waals surface area contributed by atoms with Crippen LogP contribution in [0.1, 0.15) is 25.0 Å². The second kappa shape index (κ2) is 6.37. The van der Waals surface area contributed by atoms with Crippen LogP contribution < -0.4 is 5.32 Å². The van der Waals surface area contributed by atoms with E-state index in [0.29, 0.717) is 6.54 Å². The molecule has 0 saturated carbocycles. The molecule has 0 spiro atoms. The molecule has 1 N–H and O–H groups in total. The van der Waals surface area contributed by atoms with Crippen molar-refractivity contribution in [2.24, 2.45) is 0 Å². The molecule has 0 aliphatic rings. The van der Waals surface area contributed by atoms with Gasteiger partial charge in [-0.2, -0.15) is 0 Å². The Bertz CT molecular complexity index is 594. The van der Waals surface area contributed by atoms with Gasteiger partial charge in [0.05, 0.1) is 0 Å². The molecule has 1 nitrogen and oxygen atoms in total. The second-order valence-corrected chi connectivity index (χ2v) is 6.99. The molecule has 0 unspecified atom stereocenters. The van der Waals surface area contributed by atoms with E-state index >= 15 is 0 Å². The lowest BCUT2D eigenvalue weighted by Gasteiger charge is -2.27. The van der Waals surface area contributed by atoms with Gasteiger partial charge in [0, 0.05) is 21.0 Å². The van der Waals surface area contributed by atoms with Gasteiger partial charge < -0.3 is 5.32 Å². The lowest BCUT2D eigenvalue weighted by atomic mass is 9.94. The molecule has 0 radical (unpaired) electrons. The third kappa shape index (κ3) is 3.90. The topological polar surface area (TPSA) is 12.0 Å². The lowest BCUT2D eigenvalue weighted by molar-refractivity contribution is 0.400. The fraction of sp³-hybridized carbons (Fsp3) is 0.250. The summed E-state index contributed by atoms with van der Waals surface area (Å²) in [5.41, 5.74) is 2.09. The first kappa shape index (κ1) is 15.7. The van der Waals surface area contributed by atoms with E-state index in [9.17, 15) is 4.39 Å². The molecule has 2 rings (SSSR count). The highest BCUT2D eigenvalue weighted by molar-refractivity contribution is 9.10. The number of rotatable bonds is 4. The van der Waals surface area contributed by atoms with Crippen LogP contribution in [0.4, 0.5) is 4.39 Å². The van der Waals surface area contributed by atoms with Crippen LogP contribution in [0.15, 0.2) is 51.4 Å². The van der Waals surface area contributed by atoms with Crippen LogP contribution in [0.3, 0.4) is 0 Å². The number of hydrogen-bond donors (Lipinski definition) is 1. The summed E-state index contributed by atoms with van der Waals surface area (Å²) in [5, 5.41) is 3.50. The van der Waals surface area contributed by atoms with Crippen molar-refractivity contribution in [3.8, 4) is 0 Å². The maximum absolute atomic E-state index is 13.1. The van der Waals surface area contributed by atoms with E-state index in [-0.39, 0.29) is 11.4 Å². The predicted octanol–water partition coefficient (Wildman–Crippen LogP) is 5.38. The first-order valence-electron chi connectivity index (χ1n) is 6.33. The maximum Gasteiger partial charge on any atom is 0.124 e. The van der Waals surface area contributed by atoms with E-state index in [4.69, 9.17) is 0 Å². The summed E-state index contributed by atoms with van der Waals surface area (Å²) in [6, 6.07) is 13.0. The SMILES string of the molecule is CC(C)(NCc1ccc(F)cc1Br)c1ccc(Br)cc1. The van der Waals surface area contributed by atoms with Gasteiger partial charge >= 0.3 is 0 Å². The van der Waals surface area contributed by atoms with Gasteiger partial charge in [-0.25, -0.2) is 4.39 Å². The smallest absolute Gasteiger partial charge is 0.124 e. The summed E-state index contributed by atoms with van der Waals surface area (Å²) >= 11 is 6.84. The molecule has 0 bridgehead atoms. The van der Waals surface area contributed by atoms with Crippen molar-refractivity contribution in [1.29, 1.82) is 0 Å². The van der Waals surface area contributed by atoms with E-state index in [1.165, 1.54) is 17.7 Å². The van der Waals surface area contributed by atoms with Crippen LogP contribution >= 0.6 is 31.9 Å². The third-order valence-corrected chi connectivity index (χ3v) is 4.57. The predicted molar refractivity (Wildman–Crippen MR) is 88.1 cm³/mol. The highest BCUT2D eigenvalue weighted by Gasteiger charge is 2.19. The summed E-state index contributed by atoms with van der Waals surface area (Å²) in [7, 11) is 0. The van der Waals surface area contributed by atoms with Crippen molar-refractivity contribution in [2.45, 2.75) is 25.9 Å². The largest absolute Gasteiger partial charge is 0.304 e. The van der Waals surface area contributed by atoms with Gasteiger partial charge in [0.1, 0.15) is 5.82 Å². The van der Waals surface area contributed by atoms with E-state index < -0.39 is 0 Å². The zero-order valence-corrected chi connectivity index (χ0v) is 14.6. The van der Waals surface area contributed by atoms with Crippen LogP contribution in [0, 0.1) is 5.82 Å². The van der Waals surface area contributed by atoms with Crippen LogP contribution in [0.5, 0.6) is 0 Å². The normalized spacial score (nSPS) is 11.7. The minimum absolute atomic E-state index is 0.158. The lowest BCUT2D eigenvalue weighted by Crippen LogP contribution is -2.36. The summed E-state index contributed by atoms with van der Waals surface area (Å²) in [6.45, 7) is 4.94. The van der Waals surface area contributed by atoms with Gasteiger partial charge in [0.2, 0.25) is 0 Å². The average molecular weight is 401 g/mol. The minimum Gasteiger partial charge on any atom is -0.304 e. The molecule has 2 aromatic carbocycles. The van der Waals surface area contributed by atoms with Crippen molar-refractivity contribution in [2.75, 3.05) is 0 Å². The molecule has 0 aliphatic carbocycles. The Morgan fingerprint density at radius 3 is 2.30 bits per heavy atom. The van der Waals surface area contributed by atoms with Gasteiger partial charge in [-0.05, 0) is 49.2 Å². The fourth-order valence-electron chi connectivity index (χ4n) is 1.95.